The molecular weight excluding hydrogens is 1520 g/mol. The summed E-state index contributed by atoms with van der Waals surface area (Å²) < 4.78 is 131. The quantitative estimate of drug-likeness (QED) is 0.0530. The molecule has 0 unspecified atom stereocenters. The fourth-order valence-corrected chi connectivity index (χ4v) is 14.1. The minimum Gasteiger partial charge on any atom is -0.357 e. The summed E-state index contributed by atoms with van der Waals surface area (Å²) in [5, 5.41) is 19.8. The van der Waals surface area contributed by atoms with Crippen LogP contribution in [0.2, 0.25) is 15.2 Å². The van der Waals surface area contributed by atoms with Gasteiger partial charge in [0.15, 0.2) is 57.9 Å². The third-order valence-corrected chi connectivity index (χ3v) is 19.9. The van der Waals surface area contributed by atoms with Crippen molar-refractivity contribution in [1.82, 2.24) is 65.5 Å². The smallest absolute Gasteiger partial charge is 0.229 e. The van der Waals surface area contributed by atoms with Crippen molar-refractivity contribution in [3.63, 3.8) is 0 Å². The van der Waals surface area contributed by atoms with Crippen LogP contribution in [0.1, 0.15) is 12.8 Å². The molecule has 0 atom stereocenters. The normalized spacial score (nSPS) is 12.1. The Hall–Kier alpha value is -13.2. The third kappa shape index (κ3) is 14.5. The van der Waals surface area contributed by atoms with Crippen LogP contribution in [0.15, 0.2) is 238 Å². The van der Waals surface area contributed by atoms with Crippen LogP contribution in [0.3, 0.4) is 0 Å². The van der Waals surface area contributed by atoms with Gasteiger partial charge in [0.1, 0.15) is 33.6 Å². The first-order valence-electron chi connectivity index (χ1n) is 33.8. The second-order valence-electron chi connectivity index (χ2n) is 25.2. The molecule has 0 saturated carbocycles. The van der Waals surface area contributed by atoms with Crippen LogP contribution in [-0.2, 0) is 10.0 Å². The van der Waals surface area contributed by atoms with E-state index in [1.807, 2.05) is 54.9 Å². The topological polar surface area (TPSA) is 281 Å². The van der Waals surface area contributed by atoms with Crippen LogP contribution >= 0.6 is 34.8 Å². The highest BCUT2D eigenvalue weighted by Gasteiger charge is 2.27. The molecule has 5 N–H and O–H groups in total. The Balaban J connectivity index is 0.000000113. The van der Waals surface area contributed by atoms with E-state index in [9.17, 15) is 34.8 Å². The molecule has 0 amide bonds. The van der Waals surface area contributed by atoms with Crippen LogP contribution in [0.5, 0.6) is 0 Å². The van der Waals surface area contributed by atoms with Gasteiger partial charge in [0.2, 0.25) is 10.0 Å². The van der Waals surface area contributed by atoms with Gasteiger partial charge in [0.25, 0.3) is 0 Å². The fraction of sp³-hybridized carbons (Fsp3) is 0.0625. The Labute approximate surface area is 639 Å². The number of hydrogen-bond donors (Lipinski definition) is 5. The molecule has 13 aromatic heterocycles. The summed E-state index contributed by atoms with van der Waals surface area (Å²) in [7, 11) is -3.37. The molecule has 0 radical (unpaired) electrons. The molecule has 31 heteroatoms. The van der Waals surface area contributed by atoms with Crippen molar-refractivity contribution in [3.05, 3.63) is 270 Å². The van der Waals surface area contributed by atoms with Crippen molar-refractivity contribution in [2.45, 2.75) is 12.8 Å². The highest BCUT2D eigenvalue weighted by atomic mass is 35.5. The SMILES string of the molecule is CS(=O)(=O)Nc1ccc(-c2cnc3[nH]cc(-c4oncc4-c4cccc(F)c4F)c3c2)cc1.Clc1cccc(-c2cnoc2-c2c[nH]c3ncc(-c4cccnc4)cc23)c1Cl.Fc1cccc(-c2cnoc2-c2c[nH]c3nc(Cl)ccc23)c1F.Fc1cccc(-c2cnoc2-c2c[nH]c3nc(N4CCCC4)ccc23)c1F. The lowest BCUT2D eigenvalue weighted by Crippen LogP contribution is -2.18. The van der Waals surface area contributed by atoms with Crippen LogP contribution in [0.4, 0.5) is 37.8 Å². The first kappa shape index (κ1) is 72.1. The Bertz CT molecular complexity index is 6620. The number of sulfonamides is 1. The zero-order valence-corrected chi connectivity index (χ0v) is 60.4. The first-order chi connectivity index (χ1) is 53.9. The molecule has 19 rings (SSSR count). The third-order valence-electron chi connectivity index (χ3n) is 18.3. The Kier molecular flexibility index (Phi) is 19.8. The van der Waals surface area contributed by atoms with Gasteiger partial charge in [0, 0.05) is 151 Å². The Morgan fingerprint density at radius 2 is 0.847 bits per heavy atom. The molecular formula is C80H52Cl3F6N15O6S. The maximum atomic E-state index is 14.4. The lowest BCUT2D eigenvalue weighted by atomic mass is 10.0. The lowest BCUT2D eigenvalue weighted by Gasteiger charge is -2.15. The van der Waals surface area contributed by atoms with Gasteiger partial charge >= 0.3 is 0 Å². The van der Waals surface area contributed by atoms with Crippen LogP contribution < -0.4 is 9.62 Å². The van der Waals surface area contributed by atoms with Gasteiger partial charge in [-0.05, 0) is 97.3 Å². The van der Waals surface area contributed by atoms with E-state index >= 15 is 0 Å². The van der Waals surface area contributed by atoms with E-state index in [0.717, 1.165) is 110 Å². The Morgan fingerprint density at radius 1 is 0.414 bits per heavy atom. The average Bonchev–Trinajstić information content (AvgIpc) is 1.65. The second kappa shape index (κ2) is 30.5. The molecule has 21 nitrogen and oxygen atoms in total. The summed E-state index contributed by atoms with van der Waals surface area (Å²) in [5.41, 5.74) is 12.2. The van der Waals surface area contributed by atoms with Gasteiger partial charge in [-0.2, -0.15) is 0 Å². The zero-order chi connectivity index (χ0) is 76.6. The number of anilines is 2. The van der Waals surface area contributed by atoms with Gasteiger partial charge in [-0.3, -0.25) is 9.71 Å². The number of nitrogens with one attached hydrogen (secondary N) is 5. The van der Waals surface area contributed by atoms with Crippen LogP contribution in [0, 0.1) is 34.9 Å². The molecule has 1 saturated heterocycles. The highest BCUT2D eigenvalue weighted by Crippen LogP contribution is 2.45. The number of rotatable bonds is 13. The van der Waals surface area contributed by atoms with Crippen LogP contribution in [0.25, 0.3) is 156 Å². The summed E-state index contributed by atoms with van der Waals surface area (Å²) in [6.07, 6.45) is 23.2. The van der Waals surface area contributed by atoms with Crippen molar-refractivity contribution >= 4 is 100 Å². The molecule has 0 bridgehead atoms. The monoisotopic (exact) mass is 1570 g/mol. The highest BCUT2D eigenvalue weighted by molar-refractivity contribution is 7.92. The molecule has 0 aliphatic carbocycles. The zero-order valence-electron chi connectivity index (χ0n) is 57.3. The summed E-state index contributed by atoms with van der Waals surface area (Å²) in [6, 6.07) is 39.4. The molecule has 0 spiro atoms. The minimum absolute atomic E-state index is 0.0404. The fourth-order valence-electron chi connectivity index (χ4n) is 13.0. The van der Waals surface area contributed by atoms with Gasteiger partial charge in [-0.15, -0.1) is 0 Å². The number of aromatic nitrogens is 13. The van der Waals surface area contributed by atoms with Gasteiger partial charge < -0.3 is 42.9 Å². The molecule has 1 aliphatic rings. The number of aromatic amines is 4. The van der Waals surface area contributed by atoms with Crippen molar-refractivity contribution in [2.24, 2.45) is 0 Å². The maximum Gasteiger partial charge on any atom is 0.229 e. The maximum absolute atomic E-state index is 14.4. The number of halogens is 9. The Morgan fingerprint density at radius 3 is 1.32 bits per heavy atom. The van der Waals surface area contributed by atoms with E-state index in [4.69, 9.17) is 57.9 Å². The number of nitrogens with zero attached hydrogens (tertiary/aromatic N) is 10. The molecule has 5 aromatic carbocycles. The predicted molar refractivity (Wildman–Crippen MR) is 411 cm³/mol. The van der Waals surface area contributed by atoms with Crippen molar-refractivity contribution in [1.29, 1.82) is 0 Å². The summed E-state index contributed by atoms with van der Waals surface area (Å²) in [4.78, 5) is 36.6. The van der Waals surface area contributed by atoms with Crippen molar-refractivity contribution in [3.8, 4) is 112 Å². The predicted octanol–water partition coefficient (Wildman–Crippen LogP) is 21.0. The number of hydrogen-bond acceptors (Lipinski definition) is 16. The number of H-pyrrole nitrogens is 4. The average molecular weight is 1570 g/mol. The van der Waals surface area contributed by atoms with Crippen LogP contribution in [-0.4, -0.2) is 93.2 Å². The van der Waals surface area contributed by atoms with E-state index in [1.165, 1.54) is 67.8 Å². The standard InChI is InChI=1S/C23H16F2N4O3S.C21H12Cl2N4O.C20H16F2N4O.C16H8ClF2N3O/c1-33(30,31)29-15-7-5-13(6-8-15)14-9-17-18(11-27-23(17)26-10-14)22-19(12-28-32-22)16-3-2-4-20(24)21(16)25;22-18-5-1-4-14(19(18)23)17-11-27-28-20(17)16-10-26-21-15(16)7-13(9-25-21)12-3-2-6-24-8-12;21-16-5-3-4-12(18(16)22)15-11-24-27-19(15)14-10-23-20-13(14)6-7-17(25-20)26-8-1-2-9-26;17-13-5-4-9-10(6-20-16(9)22-13)15-11(7-21-23-15)8-2-1-3-12(18)14(8)19/h2-12,29H,1H3,(H,26,27);1-11H,(H,25,26);3-7,10-11H,1-2,8-9H2,(H,23,25);1-7H,(H,20,22). The summed E-state index contributed by atoms with van der Waals surface area (Å²) in [5.74, 6) is -3.14. The molecule has 14 heterocycles. The van der Waals surface area contributed by atoms with Gasteiger partial charge in [-0.25, -0.2) is 54.7 Å². The van der Waals surface area contributed by atoms with Crippen molar-refractivity contribution in [2.75, 3.05) is 29.0 Å². The summed E-state index contributed by atoms with van der Waals surface area (Å²) >= 11 is 18.5. The molecule has 18 aromatic rings. The minimum atomic E-state index is -3.37. The molecule has 111 heavy (non-hydrogen) atoms. The second-order valence-corrected chi connectivity index (χ2v) is 28.1. The lowest BCUT2D eigenvalue weighted by molar-refractivity contribution is 0.432. The molecule has 552 valence electrons. The largest absolute Gasteiger partial charge is 0.357 e. The van der Waals surface area contributed by atoms with E-state index in [-0.39, 0.29) is 22.5 Å². The summed E-state index contributed by atoms with van der Waals surface area (Å²) in [6.45, 7) is 2.02. The van der Waals surface area contributed by atoms with E-state index in [2.05, 4.69) is 76.2 Å². The van der Waals surface area contributed by atoms with E-state index < -0.39 is 44.9 Å². The van der Waals surface area contributed by atoms with E-state index in [0.29, 0.717) is 88.2 Å². The number of fused-ring (bicyclic) bond motifs is 4. The molecule has 1 fully saturated rings. The van der Waals surface area contributed by atoms with Gasteiger partial charge in [0.05, 0.1) is 63.3 Å². The number of pyridine rings is 5. The molecule has 1 aliphatic heterocycles. The van der Waals surface area contributed by atoms with E-state index in [1.54, 1.807) is 85.8 Å². The van der Waals surface area contributed by atoms with Gasteiger partial charge in [-0.1, -0.05) is 122 Å². The first-order valence-corrected chi connectivity index (χ1v) is 36.8. The number of benzene rings is 5. The van der Waals surface area contributed by atoms with Crippen molar-refractivity contribution < 1.29 is 52.9 Å².